The summed E-state index contributed by atoms with van der Waals surface area (Å²) in [6.07, 6.45) is 0. The van der Waals surface area contributed by atoms with Gasteiger partial charge >= 0.3 is 30.5 Å². The second-order valence-corrected chi connectivity index (χ2v) is 2.67. The zero-order valence-corrected chi connectivity index (χ0v) is 7.95. The molecule has 0 spiro atoms. The molecule has 4 nitrogen and oxygen atoms in total. The average molecular weight is 257 g/mol. The standard InChI is InChI=1S/AsH3O4.In/c2-1(3,4)5;/h(H3,2,3,4,5);. The van der Waals surface area contributed by atoms with Crippen molar-refractivity contribution < 1.29 is 16.0 Å². The molecule has 0 aromatic heterocycles. The van der Waals surface area contributed by atoms with Crippen molar-refractivity contribution in [1.29, 1.82) is 0 Å². The monoisotopic (exact) mass is 257 g/mol. The topological polar surface area (TPSA) is 77.8 Å². The molecule has 0 aromatic carbocycles. The van der Waals surface area contributed by atoms with Gasteiger partial charge in [0, 0.05) is 25.8 Å². The fourth-order valence-corrected chi connectivity index (χ4v) is 0. The van der Waals surface area contributed by atoms with Gasteiger partial charge in [-0.05, 0) is 0 Å². The van der Waals surface area contributed by atoms with Gasteiger partial charge in [-0.2, -0.15) is 0 Å². The van der Waals surface area contributed by atoms with Crippen molar-refractivity contribution in [1.82, 2.24) is 0 Å². The van der Waals surface area contributed by atoms with E-state index >= 15 is 0 Å². The molecule has 0 aliphatic rings. The summed E-state index contributed by atoms with van der Waals surface area (Å²) in [7, 11) is 0. The fourth-order valence-electron chi connectivity index (χ4n) is 0. The minimum atomic E-state index is -5.12. The van der Waals surface area contributed by atoms with Crippen molar-refractivity contribution in [3.05, 3.63) is 0 Å². The average Bonchev–Trinajstić information content (AvgIpc) is 0.722. The van der Waals surface area contributed by atoms with Crippen LogP contribution in [0.4, 0.5) is 0 Å². The van der Waals surface area contributed by atoms with E-state index in [9.17, 15) is 0 Å². The molecule has 3 radical (unpaired) electrons. The Balaban J connectivity index is 0. The van der Waals surface area contributed by atoms with Gasteiger partial charge in [0.25, 0.3) is 0 Å². The summed E-state index contributed by atoms with van der Waals surface area (Å²) in [5.41, 5.74) is 0. The van der Waals surface area contributed by atoms with Crippen LogP contribution in [0.3, 0.4) is 0 Å². The van der Waals surface area contributed by atoms with Gasteiger partial charge in [-0.15, -0.1) is 0 Å². The van der Waals surface area contributed by atoms with E-state index in [1.807, 2.05) is 0 Å². The van der Waals surface area contributed by atoms with Crippen molar-refractivity contribution in [3.8, 4) is 0 Å². The summed E-state index contributed by atoms with van der Waals surface area (Å²) in [5, 5.41) is 0. The molecule has 3 N–H and O–H groups in total. The van der Waals surface area contributed by atoms with Gasteiger partial charge in [0.1, 0.15) is 0 Å². The molecule has 6 heteroatoms. The SMILES string of the molecule is O=[As](O)(O)O.[In]. The van der Waals surface area contributed by atoms with Crippen LogP contribution in [0.1, 0.15) is 0 Å². The molecule has 0 amide bonds. The molecule has 35 valence electrons. The Bertz CT molecular complexity index is 53.7. The maximum Gasteiger partial charge on any atom is 0 e. The third-order valence-corrected chi connectivity index (χ3v) is 0. The normalized spacial score (nSPS) is 9.83. The van der Waals surface area contributed by atoms with Crippen LogP contribution in [-0.2, 0) is 3.74 Å². The smallest absolute Gasteiger partial charge is 0 e. The first-order valence-corrected chi connectivity index (χ1v) is 4.07. The molecule has 0 heterocycles. The first kappa shape index (κ1) is 10.2. The van der Waals surface area contributed by atoms with E-state index < -0.39 is 14.5 Å². The number of rotatable bonds is 0. The Morgan fingerprint density at radius 2 is 1.17 bits per heavy atom. The summed E-state index contributed by atoms with van der Waals surface area (Å²) < 4.78 is 30.7. The van der Waals surface area contributed by atoms with Crippen molar-refractivity contribution >= 4 is 40.4 Å². The molecule has 0 saturated carbocycles. The summed E-state index contributed by atoms with van der Waals surface area (Å²) in [6.45, 7) is 0. The molecule has 0 unspecified atom stereocenters. The second kappa shape index (κ2) is 3.15. The quantitative estimate of drug-likeness (QED) is 0.417. The minimum Gasteiger partial charge on any atom is 0 e. The van der Waals surface area contributed by atoms with Crippen molar-refractivity contribution in [2.75, 3.05) is 0 Å². The Morgan fingerprint density at radius 3 is 1.17 bits per heavy atom. The van der Waals surface area contributed by atoms with E-state index in [0.29, 0.717) is 0 Å². The van der Waals surface area contributed by atoms with Gasteiger partial charge < -0.3 is 0 Å². The van der Waals surface area contributed by atoms with E-state index in [0.717, 1.165) is 0 Å². The zero-order chi connectivity index (χ0) is 4.50. The summed E-state index contributed by atoms with van der Waals surface area (Å²) >= 11 is -5.12. The predicted molar refractivity (Wildman–Crippen MR) is 18.9 cm³/mol. The minimum absolute atomic E-state index is 0. The van der Waals surface area contributed by atoms with Crippen LogP contribution < -0.4 is 0 Å². The van der Waals surface area contributed by atoms with Gasteiger partial charge in [-0.1, -0.05) is 0 Å². The van der Waals surface area contributed by atoms with Gasteiger partial charge in [0.05, 0.1) is 0 Å². The maximum atomic E-state index is 8.94. The van der Waals surface area contributed by atoms with E-state index in [-0.39, 0.29) is 25.8 Å². The molecule has 0 aromatic rings. The molecule has 6 heavy (non-hydrogen) atoms. The molecule has 0 aliphatic heterocycles. The number of hydrogen-bond donors (Lipinski definition) is 3. The molecule has 0 bridgehead atoms. The van der Waals surface area contributed by atoms with Crippen molar-refractivity contribution in [3.63, 3.8) is 0 Å². The third kappa shape index (κ3) is 70.2. The third-order valence-electron chi connectivity index (χ3n) is 0. The largest absolute Gasteiger partial charge is 0 e. The molecule has 0 rings (SSSR count). The molecule has 0 aliphatic carbocycles. The molecular formula is H3AsInO4. The van der Waals surface area contributed by atoms with Crippen LogP contribution in [0.25, 0.3) is 0 Å². The van der Waals surface area contributed by atoms with Gasteiger partial charge in [0.2, 0.25) is 0 Å². The van der Waals surface area contributed by atoms with Crippen molar-refractivity contribution in [2.45, 2.75) is 0 Å². The van der Waals surface area contributed by atoms with Gasteiger partial charge in [-0.3, -0.25) is 0 Å². The molecule has 0 fully saturated rings. The first-order chi connectivity index (χ1) is 2.00. The fraction of sp³-hybridized carbons (Fsp3) is 0. The molecular weight excluding hydrogens is 254 g/mol. The molecule has 0 saturated heterocycles. The van der Waals surface area contributed by atoms with E-state index in [2.05, 4.69) is 0 Å². The van der Waals surface area contributed by atoms with Crippen LogP contribution >= 0.6 is 0 Å². The van der Waals surface area contributed by atoms with Gasteiger partial charge in [0.15, 0.2) is 0 Å². The van der Waals surface area contributed by atoms with Crippen molar-refractivity contribution in [2.24, 2.45) is 0 Å². The summed E-state index contributed by atoms with van der Waals surface area (Å²) in [5.74, 6) is 0. The second-order valence-electron chi connectivity index (χ2n) is 0.513. The zero-order valence-electron chi connectivity index (χ0n) is 2.77. The van der Waals surface area contributed by atoms with Crippen LogP contribution in [-0.4, -0.2) is 52.6 Å². The van der Waals surface area contributed by atoms with Crippen LogP contribution in [0.5, 0.6) is 0 Å². The summed E-state index contributed by atoms with van der Waals surface area (Å²) in [6, 6.07) is 0. The van der Waals surface area contributed by atoms with E-state index in [1.54, 1.807) is 0 Å². The van der Waals surface area contributed by atoms with Crippen LogP contribution in [0.15, 0.2) is 0 Å². The maximum absolute atomic E-state index is 8.94. The van der Waals surface area contributed by atoms with E-state index in [4.69, 9.17) is 16.0 Å². The van der Waals surface area contributed by atoms with Crippen LogP contribution in [0, 0.1) is 0 Å². The predicted octanol–water partition coefficient (Wildman–Crippen LogP) is -2.55. The Kier molecular flexibility index (Phi) is 5.34. The van der Waals surface area contributed by atoms with E-state index in [1.165, 1.54) is 0 Å². The van der Waals surface area contributed by atoms with Crippen LogP contribution in [0.2, 0.25) is 0 Å². The molecule has 0 atom stereocenters. The number of hydrogen-bond acceptors (Lipinski definition) is 1. The van der Waals surface area contributed by atoms with Gasteiger partial charge in [-0.25, -0.2) is 0 Å². The Morgan fingerprint density at radius 1 is 1.17 bits per heavy atom. The summed E-state index contributed by atoms with van der Waals surface area (Å²) in [4.78, 5) is 0. The Labute approximate surface area is 56.3 Å². The first-order valence-electron chi connectivity index (χ1n) is 0.783. The Hall–Kier alpha value is 1.11.